The molecule has 2 aromatic carbocycles. The molecule has 0 aliphatic rings. The van der Waals surface area contributed by atoms with Crippen molar-refractivity contribution in [3.05, 3.63) is 64.7 Å². The summed E-state index contributed by atoms with van der Waals surface area (Å²) in [6.07, 6.45) is 1.45. The number of hydrogen-bond donors (Lipinski definition) is 1. The van der Waals surface area contributed by atoms with Crippen LogP contribution in [0.2, 0.25) is 5.02 Å². The monoisotopic (exact) mass is 384 g/mol. The van der Waals surface area contributed by atoms with Gasteiger partial charge in [-0.3, -0.25) is 4.79 Å². The number of anilines is 1. The lowest BCUT2D eigenvalue weighted by molar-refractivity contribution is -0.145. The number of esters is 1. The minimum atomic E-state index is -0.539. The molecule has 2 aromatic rings. The summed E-state index contributed by atoms with van der Waals surface area (Å²) >= 11 is 5.88. The lowest BCUT2D eigenvalue weighted by Crippen LogP contribution is -2.14. The Morgan fingerprint density at radius 3 is 2.59 bits per heavy atom. The largest absolute Gasteiger partial charge is 0.482 e. The summed E-state index contributed by atoms with van der Waals surface area (Å²) in [4.78, 5) is 23.5. The van der Waals surface area contributed by atoms with Gasteiger partial charge in [0, 0.05) is 10.7 Å². The molecule has 6 nitrogen and oxygen atoms in total. The van der Waals surface area contributed by atoms with E-state index in [2.05, 4.69) is 5.32 Å². The van der Waals surface area contributed by atoms with Gasteiger partial charge in [-0.2, -0.15) is 5.26 Å². The molecule has 0 saturated heterocycles. The van der Waals surface area contributed by atoms with Crippen molar-refractivity contribution in [2.75, 3.05) is 18.5 Å². The van der Waals surface area contributed by atoms with Crippen LogP contribution in [0.15, 0.2) is 54.1 Å². The van der Waals surface area contributed by atoms with E-state index in [1.54, 1.807) is 55.5 Å². The van der Waals surface area contributed by atoms with Crippen molar-refractivity contribution in [3.63, 3.8) is 0 Å². The third-order valence-electron chi connectivity index (χ3n) is 3.30. The molecule has 0 atom stereocenters. The van der Waals surface area contributed by atoms with Crippen LogP contribution < -0.4 is 10.1 Å². The summed E-state index contributed by atoms with van der Waals surface area (Å²) in [5.41, 5.74) is 1.07. The molecule has 0 aliphatic carbocycles. The van der Waals surface area contributed by atoms with Gasteiger partial charge in [0.15, 0.2) is 6.61 Å². The predicted octanol–water partition coefficient (Wildman–Crippen LogP) is 3.83. The van der Waals surface area contributed by atoms with Crippen molar-refractivity contribution in [3.8, 4) is 11.8 Å². The Balaban J connectivity index is 2.03. The highest BCUT2D eigenvalue weighted by Gasteiger charge is 2.10. The van der Waals surface area contributed by atoms with Gasteiger partial charge in [-0.15, -0.1) is 0 Å². The second-order valence-electron chi connectivity index (χ2n) is 5.30. The SMILES string of the molecule is CCOC(=O)COc1ccc(/C=C(\C#N)C(=O)Nc2cccc(Cl)c2)cc1. The second kappa shape index (κ2) is 10.00. The van der Waals surface area contributed by atoms with Crippen LogP contribution >= 0.6 is 11.6 Å². The first kappa shape index (κ1) is 20.0. The first-order valence-electron chi connectivity index (χ1n) is 8.09. The van der Waals surface area contributed by atoms with Crippen molar-refractivity contribution >= 4 is 35.2 Å². The van der Waals surface area contributed by atoms with Crippen LogP contribution in [0.25, 0.3) is 6.08 Å². The van der Waals surface area contributed by atoms with Crippen LogP contribution in [-0.4, -0.2) is 25.1 Å². The molecule has 138 valence electrons. The first-order chi connectivity index (χ1) is 13.0. The van der Waals surface area contributed by atoms with Gasteiger partial charge < -0.3 is 14.8 Å². The molecule has 0 unspecified atom stereocenters. The molecule has 0 aromatic heterocycles. The Labute approximate surface area is 162 Å². The Bertz CT molecular complexity index is 886. The minimum absolute atomic E-state index is 0.0600. The number of nitriles is 1. The molecule has 0 aliphatic heterocycles. The van der Waals surface area contributed by atoms with Crippen LogP contribution in [0.3, 0.4) is 0 Å². The molecule has 2 rings (SSSR count). The zero-order valence-corrected chi connectivity index (χ0v) is 15.3. The number of carbonyl (C=O) groups is 2. The molecule has 7 heteroatoms. The van der Waals surface area contributed by atoms with Gasteiger partial charge in [-0.1, -0.05) is 29.8 Å². The number of halogens is 1. The molecule has 0 spiro atoms. The molecule has 0 fully saturated rings. The molecular formula is C20H17ClN2O4. The number of hydrogen-bond acceptors (Lipinski definition) is 5. The summed E-state index contributed by atoms with van der Waals surface area (Å²) in [5.74, 6) is -0.518. The lowest BCUT2D eigenvalue weighted by Gasteiger charge is -2.06. The standard InChI is InChI=1S/C20H17ClN2O4/c1-2-26-19(24)13-27-18-8-6-14(7-9-18)10-15(12-22)20(25)23-17-5-3-4-16(21)11-17/h3-11H,2,13H2,1H3,(H,23,25)/b15-10+. The predicted molar refractivity (Wildman–Crippen MR) is 102 cm³/mol. The number of nitrogens with one attached hydrogen (secondary N) is 1. The van der Waals surface area contributed by atoms with Gasteiger partial charge in [-0.25, -0.2) is 4.79 Å². The van der Waals surface area contributed by atoms with Gasteiger partial charge in [0.25, 0.3) is 5.91 Å². The van der Waals surface area contributed by atoms with Crippen LogP contribution in [0.4, 0.5) is 5.69 Å². The van der Waals surface area contributed by atoms with Crippen molar-refractivity contribution in [1.29, 1.82) is 5.26 Å². The maximum absolute atomic E-state index is 12.2. The third-order valence-corrected chi connectivity index (χ3v) is 3.54. The maximum Gasteiger partial charge on any atom is 0.344 e. The normalized spacial score (nSPS) is 10.6. The van der Waals surface area contributed by atoms with Crippen LogP contribution in [0, 0.1) is 11.3 Å². The summed E-state index contributed by atoms with van der Waals surface area (Å²) in [7, 11) is 0. The summed E-state index contributed by atoms with van der Waals surface area (Å²) < 4.78 is 10.1. The van der Waals surface area contributed by atoms with Crippen LogP contribution in [-0.2, 0) is 14.3 Å². The van der Waals surface area contributed by atoms with Crippen molar-refractivity contribution in [2.45, 2.75) is 6.92 Å². The van der Waals surface area contributed by atoms with E-state index in [0.717, 1.165) is 0 Å². The fourth-order valence-electron chi connectivity index (χ4n) is 2.09. The number of ether oxygens (including phenoxy) is 2. The Morgan fingerprint density at radius 2 is 1.96 bits per heavy atom. The van der Waals surface area contributed by atoms with Gasteiger partial charge in [0.2, 0.25) is 0 Å². The van der Waals surface area contributed by atoms with E-state index in [9.17, 15) is 14.9 Å². The fraction of sp³-hybridized carbons (Fsp3) is 0.150. The number of amides is 1. The highest BCUT2D eigenvalue weighted by atomic mass is 35.5. The van der Waals surface area contributed by atoms with Gasteiger partial charge in [0.05, 0.1) is 6.61 Å². The molecule has 0 heterocycles. The van der Waals surface area contributed by atoms with Crippen molar-refractivity contribution in [2.24, 2.45) is 0 Å². The average Bonchev–Trinajstić information content (AvgIpc) is 2.65. The quantitative estimate of drug-likeness (QED) is 0.445. The number of benzene rings is 2. The molecule has 1 amide bonds. The smallest absolute Gasteiger partial charge is 0.344 e. The zero-order valence-electron chi connectivity index (χ0n) is 14.6. The Kier molecular flexibility index (Phi) is 7.41. The second-order valence-corrected chi connectivity index (χ2v) is 5.73. The molecule has 27 heavy (non-hydrogen) atoms. The topological polar surface area (TPSA) is 88.4 Å². The van der Waals surface area contributed by atoms with E-state index in [1.807, 2.05) is 6.07 Å². The average molecular weight is 385 g/mol. The summed E-state index contributed by atoms with van der Waals surface area (Å²) in [6.45, 7) is 1.82. The maximum atomic E-state index is 12.2. The first-order valence-corrected chi connectivity index (χ1v) is 8.47. The Morgan fingerprint density at radius 1 is 1.22 bits per heavy atom. The molecular weight excluding hydrogens is 368 g/mol. The summed E-state index contributed by atoms with van der Waals surface area (Å²) in [6, 6.07) is 15.1. The van der Waals surface area contributed by atoms with E-state index in [1.165, 1.54) is 6.08 Å². The van der Waals surface area contributed by atoms with E-state index in [-0.39, 0.29) is 12.2 Å². The third kappa shape index (κ3) is 6.49. The molecule has 0 radical (unpaired) electrons. The zero-order chi connectivity index (χ0) is 19.6. The van der Waals surface area contributed by atoms with E-state index in [0.29, 0.717) is 28.6 Å². The number of nitrogens with zero attached hydrogens (tertiary/aromatic N) is 1. The minimum Gasteiger partial charge on any atom is -0.482 e. The molecule has 1 N–H and O–H groups in total. The lowest BCUT2D eigenvalue weighted by atomic mass is 10.1. The van der Waals surface area contributed by atoms with E-state index in [4.69, 9.17) is 21.1 Å². The van der Waals surface area contributed by atoms with Gasteiger partial charge >= 0.3 is 5.97 Å². The van der Waals surface area contributed by atoms with Crippen LogP contribution in [0.1, 0.15) is 12.5 Å². The van der Waals surface area contributed by atoms with E-state index >= 15 is 0 Å². The molecule has 0 bridgehead atoms. The summed E-state index contributed by atoms with van der Waals surface area (Å²) in [5, 5.41) is 12.4. The highest BCUT2D eigenvalue weighted by molar-refractivity contribution is 6.31. The van der Waals surface area contributed by atoms with Crippen molar-refractivity contribution < 1.29 is 19.1 Å². The van der Waals surface area contributed by atoms with Gasteiger partial charge in [0.1, 0.15) is 17.4 Å². The molecule has 0 saturated carbocycles. The van der Waals surface area contributed by atoms with E-state index < -0.39 is 11.9 Å². The Hall–Kier alpha value is -3.30. The van der Waals surface area contributed by atoms with Crippen molar-refractivity contribution in [1.82, 2.24) is 0 Å². The number of rotatable bonds is 7. The highest BCUT2D eigenvalue weighted by Crippen LogP contribution is 2.17. The van der Waals surface area contributed by atoms with Crippen LogP contribution in [0.5, 0.6) is 5.75 Å². The number of carbonyl (C=O) groups excluding carboxylic acids is 2. The fourth-order valence-corrected chi connectivity index (χ4v) is 2.28. The van der Waals surface area contributed by atoms with Gasteiger partial charge in [-0.05, 0) is 48.9 Å².